The molecule has 0 fully saturated rings. The first-order valence-electron chi connectivity index (χ1n) is 14.5. The van der Waals surface area contributed by atoms with Gasteiger partial charge in [0.05, 0.1) is 0 Å². The van der Waals surface area contributed by atoms with Crippen LogP contribution in [0.1, 0.15) is 52.4 Å². The Morgan fingerprint density at radius 1 is 0.525 bits per heavy atom. The fraction of sp³-hybridized carbons (Fsp3) is 0.846. The molecule has 8 N–H and O–H groups in total. The predicted molar refractivity (Wildman–Crippen MR) is 167 cm³/mol. The maximum absolute atomic E-state index is 12.1. The number of nitrogens with zero attached hydrogens (tertiary/aromatic N) is 2. The van der Waals surface area contributed by atoms with Gasteiger partial charge in [-0.15, -0.1) is 0 Å². The summed E-state index contributed by atoms with van der Waals surface area (Å²) in [5, 5.41) is 11.4. The van der Waals surface area contributed by atoms with E-state index in [0.717, 1.165) is 37.4 Å². The van der Waals surface area contributed by atoms with Crippen molar-refractivity contribution in [3.8, 4) is 0 Å². The summed E-state index contributed by atoms with van der Waals surface area (Å²) in [6.45, 7) is 11.0. The molecule has 0 aromatic heterocycles. The molecule has 12 nitrogen and oxygen atoms in total. The number of hydrogen-bond acceptors (Lipinski definition) is 10. The average Bonchev–Trinajstić information content (AvgIpc) is 2.95. The zero-order valence-corrected chi connectivity index (χ0v) is 26.3. The highest BCUT2D eigenvalue weighted by molar-refractivity contribution is 8.76. The number of rotatable bonds is 27. The van der Waals surface area contributed by atoms with Crippen molar-refractivity contribution in [2.75, 3.05) is 90.0 Å². The Hall–Kier alpha value is -1.58. The molecular weight excluding hydrogens is 552 g/mol. The molecule has 0 aliphatic carbocycles. The summed E-state index contributed by atoms with van der Waals surface area (Å²) in [6.07, 6.45) is 3.36. The van der Waals surface area contributed by atoms with Crippen LogP contribution < -0.4 is 32.7 Å². The van der Waals surface area contributed by atoms with E-state index in [0.29, 0.717) is 91.1 Å². The summed E-state index contributed by atoms with van der Waals surface area (Å²) < 4.78 is 0. The van der Waals surface area contributed by atoms with E-state index in [4.69, 9.17) is 11.5 Å². The van der Waals surface area contributed by atoms with Gasteiger partial charge in [-0.3, -0.25) is 19.2 Å². The van der Waals surface area contributed by atoms with Gasteiger partial charge >= 0.3 is 0 Å². The number of carbonyl (C=O) groups excluding carboxylic acids is 4. The van der Waals surface area contributed by atoms with Gasteiger partial charge in [0.25, 0.3) is 0 Å². The number of amides is 4. The Morgan fingerprint density at radius 3 is 1.10 bits per heavy atom. The average molecular weight is 607 g/mol. The van der Waals surface area contributed by atoms with Crippen LogP contribution in [0.4, 0.5) is 0 Å². The van der Waals surface area contributed by atoms with E-state index in [1.807, 2.05) is 13.8 Å². The largest absolute Gasteiger partial charge is 0.356 e. The number of nitrogens with one attached hydrogen (secondary N) is 4. The minimum Gasteiger partial charge on any atom is -0.356 e. The Bertz CT molecular complexity index is 587. The van der Waals surface area contributed by atoms with Crippen molar-refractivity contribution in [1.82, 2.24) is 31.1 Å². The van der Waals surface area contributed by atoms with Crippen LogP contribution in [0.5, 0.6) is 0 Å². The molecule has 40 heavy (non-hydrogen) atoms. The van der Waals surface area contributed by atoms with Gasteiger partial charge in [-0.2, -0.15) is 0 Å². The van der Waals surface area contributed by atoms with Gasteiger partial charge in [-0.05, 0) is 12.8 Å². The lowest BCUT2D eigenvalue weighted by molar-refractivity contribution is -0.123. The third kappa shape index (κ3) is 24.2. The van der Waals surface area contributed by atoms with Crippen molar-refractivity contribution >= 4 is 45.2 Å². The first-order valence-corrected chi connectivity index (χ1v) is 17.0. The predicted octanol–water partition coefficient (Wildman–Crippen LogP) is -0.266. The molecule has 0 aliphatic heterocycles. The van der Waals surface area contributed by atoms with Gasteiger partial charge < -0.3 is 42.5 Å². The summed E-state index contributed by atoms with van der Waals surface area (Å²) in [5.74, 6) is 1.70. The molecule has 0 radical (unpaired) electrons. The molecular formula is C26H54N8O4S2. The molecule has 0 unspecified atom stereocenters. The van der Waals surface area contributed by atoms with Gasteiger partial charge in [0.1, 0.15) is 0 Å². The molecule has 0 bridgehead atoms. The highest BCUT2D eigenvalue weighted by Gasteiger charge is 2.13. The SMILES string of the molecule is CCCNC(=O)CCN(CCSSCCN(CCC(=O)NCCN)CCC(=O)NCCN)CCC(=O)NCCC. The third-order valence-electron chi connectivity index (χ3n) is 5.76. The maximum Gasteiger partial charge on any atom is 0.221 e. The Labute approximate surface area is 249 Å². The summed E-state index contributed by atoms with van der Waals surface area (Å²) in [5.41, 5.74) is 10.9. The summed E-state index contributed by atoms with van der Waals surface area (Å²) >= 11 is 0. The molecule has 0 aliphatic rings. The van der Waals surface area contributed by atoms with E-state index >= 15 is 0 Å². The van der Waals surface area contributed by atoms with Crippen molar-refractivity contribution < 1.29 is 19.2 Å². The standard InChI is InChI=1S/C26H54N8O4S2/c1-3-11-29-23(35)5-15-33(16-6-24(36)30-12-4-2)19-21-39-40-22-20-34(17-7-25(37)31-13-9-27)18-8-26(38)32-14-10-28/h3-22,27-28H2,1-2H3,(H,29,35)(H,30,36)(H,31,37)(H,32,38). The highest BCUT2D eigenvalue weighted by atomic mass is 33.1. The van der Waals surface area contributed by atoms with Crippen LogP contribution in [0.2, 0.25) is 0 Å². The zero-order chi connectivity index (χ0) is 29.8. The number of carbonyl (C=O) groups is 4. The molecule has 0 aromatic rings. The van der Waals surface area contributed by atoms with Crippen LogP contribution in [0, 0.1) is 0 Å². The van der Waals surface area contributed by atoms with Crippen LogP contribution in [0.15, 0.2) is 0 Å². The van der Waals surface area contributed by atoms with Crippen molar-refractivity contribution in [1.29, 1.82) is 0 Å². The summed E-state index contributed by atoms with van der Waals surface area (Å²) in [7, 11) is 3.50. The molecule has 4 amide bonds. The molecule has 234 valence electrons. The second-order valence-corrected chi connectivity index (χ2v) is 12.0. The lowest BCUT2D eigenvalue weighted by Crippen LogP contribution is -2.37. The fourth-order valence-electron chi connectivity index (χ4n) is 3.47. The van der Waals surface area contributed by atoms with Crippen LogP contribution in [-0.4, -0.2) is 123 Å². The first-order chi connectivity index (χ1) is 19.4. The van der Waals surface area contributed by atoms with Crippen LogP contribution in [0.25, 0.3) is 0 Å². The van der Waals surface area contributed by atoms with Crippen molar-refractivity contribution in [2.45, 2.75) is 52.4 Å². The minimum absolute atomic E-state index is 0.0397. The Kier molecular flexibility index (Phi) is 26.5. The Balaban J connectivity index is 4.58. The van der Waals surface area contributed by atoms with Gasteiger partial charge in [-0.1, -0.05) is 35.4 Å². The molecule has 0 saturated heterocycles. The molecule has 14 heteroatoms. The van der Waals surface area contributed by atoms with E-state index in [2.05, 4.69) is 31.1 Å². The third-order valence-corrected chi connectivity index (χ3v) is 8.13. The second kappa shape index (κ2) is 27.6. The first kappa shape index (κ1) is 38.4. The molecule has 0 rings (SSSR count). The lowest BCUT2D eigenvalue weighted by atomic mass is 10.3. The quantitative estimate of drug-likeness (QED) is 0.0540. The van der Waals surface area contributed by atoms with Crippen LogP contribution >= 0.6 is 21.6 Å². The molecule has 0 heterocycles. The number of nitrogens with two attached hydrogens (primary N) is 2. The van der Waals surface area contributed by atoms with E-state index in [9.17, 15) is 19.2 Å². The van der Waals surface area contributed by atoms with Gasteiger partial charge in [-0.25, -0.2) is 0 Å². The van der Waals surface area contributed by atoms with Crippen molar-refractivity contribution in [3.05, 3.63) is 0 Å². The molecule has 0 spiro atoms. The van der Waals surface area contributed by atoms with E-state index in [1.165, 1.54) is 0 Å². The Morgan fingerprint density at radius 2 is 0.825 bits per heavy atom. The smallest absolute Gasteiger partial charge is 0.221 e. The second-order valence-electron chi connectivity index (χ2n) is 9.30. The summed E-state index contributed by atoms with van der Waals surface area (Å²) in [4.78, 5) is 52.5. The van der Waals surface area contributed by atoms with Gasteiger partial charge in [0.2, 0.25) is 23.6 Å². The molecule has 0 atom stereocenters. The molecule has 0 aromatic carbocycles. The van der Waals surface area contributed by atoms with Crippen molar-refractivity contribution in [3.63, 3.8) is 0 Å². The van der Waals surface area contributed by atoms with E-state index in [1.54, 1.807) is 21.6 Å². The zero-order valence-electron chi connectivity index (χ0n) is 24.6. The van der Waals surface area contributed by atoms with Crippen LogP contribution in [0.3, 0.4) is 0 Å². The van der Waals surface area contributed by atoms with E-state index < -0.39 is 0 Å². The topological polar surface area (TPSA) is 175 Å². The molecule has 0 saturated carbocycles. The fourth-order valence-corrected chi connectivity index (χ4v) is 5.52. The monoisotopic (exact) mass is 606 g/mol. The minimum atomic E-state index is -0.0445. The van der Waals surface area contributed by atoms with Crippen LogP contribution in [-0.2, 0) is 19.2 Å². The van der Waals surface area contributed by atoms with Gasteiger partial charge in [0, 0.05) is 116 Å². The lowest BCUT2D eigenvalue weighted by Gasteiger charge is -2.23. The maximum atomic E-state index is 12.1. The van der Waals surface area contributed by atoms with Gasteiger partial charge in [0.15, 0.2) is 0 Å². The number of hydrogen-bond donors (Lipinski definition) is 6. The normalized spacial score (nSPS) is 11.1. The van der Waals surface area contributed by atoms with Crippen molar-refractivity contribution in [2.24, 2.45) is 11.5 Å². The summed E-state index contributed by atoms with van der Waals surface area (Å²) in [6, 6.07) is 0. The van der Waals surface area contributed by atoms with E-state index in [-0.39, 0.29) is 23.6 Å². The highest BCUT2D eigenvalue weighted by Crippen LogP contribution is 2.21.